The van der Waals surface area contributed by atoms with Crippen molar-refractivity contribution in [3.8, 4) is 0 Å². The smallest absolute Gasteiger partial charge is 0.370 e. The van der Waals surface area contributed by atoms with Crippen molar-refractivity contribution in [2.24, 2.45) is 0 Å². The number of anilines is 3. The highest BCUT2D eigenvalue weighted by Crippen LogP contribution is 2.34. The van der Waals surface area contributed by atoms with E-state index >= 15 is 0 Å². The zero-order valence-electron chi connectivity index (χ0n) is 13.3. The molecule has 0 bridgehead atoms. The Bertz CT molecular complexity index is 746. The molecule has 7 nitrogen and oxygen atoms in total. The van der Waals surface area contributed by atoms with E-state index in [9.17, 15) is 17.4 Å². The second kappa shape index (κ2) is 7.16. The molecule has 0 aromatic carbocycles. The predicted molar refractivity (Wildman–Crippen MR) is 85.5 cm³/mol. The summed E-state index contributed by atoms with van der Waals surface area (Å²) in [4.78, 5) is 7.58. The Balaban J connectivity index is 2.32. The molecule has 0 radical (unpaired) electrons. The van der Waals surface area contributed by atoms with Gasteiger partial charge < -0.3 is 10.6 Å². The van der Waals surface area contributed by atoms with Gasteiger partial charge in [-0.2, -0.15) is 27.3 Å². The standard InChI is InChI=1S/C13H17F3N6OS/c1-4-17-11-9(13(14,15)16)6-18-12(21-11)20-10-7-19-22(8(10)3)24(23)5-2/h6-7H,4-5H2,1-3H3,(H2,17,18,20,21). The number of hydrogen-bond acceptors (Lipinski definition) is 6. The number of aromatic nitrogens is 4. The molecule has 0 amide bonds. The largest absolute Gasteiger partial charge is 0.421 e. The topological polar surface area (TPSA) is 84.7 Å². The number of hydrogen-bond donors (Lipinski definition) is 2. The zero-order chi connectivity index (χ0) is 17.9. The van der Waals surface area contributed by atoms with Gasteiger partial charge in [0.25, 0.3) is 0 Å². The van der Waals surface area contributed by atoms with Crippen LogP contribution < -0.4 is 10.6 Å². The molecule has 0 aliphatic carbocycles. The van der Waals surface area contributed by atoms with Gasteiger partial charge in [0.2, 0.25) is 5.95 Å². The minimum absolute atomic E-state index is 0.0103. The fraction of sp³-hybridized carbons (Fsp3) is 0.462. The highest BCUT2D eigenvalue weighted by Gasteiger charge is 2.35. The summed E-state index contributed by atoms with van der Waals surface area (Å²) in [6, 6.07) is 0. The molecular formula is C13H17F3N6OS. The summed E-state index contributed by atoms with van der Waals surface area (Å²) in [7, 11) is -1.30. The van der Waals surface area contributed by atoms with Crippen LogP contribution in [-0.4, -0.2) is 35.7 Å². The lowest BCUT2D eigenvalue weighted by Gasteiger charge is -2.13. The Kier molecular flexibility index (Phi) is 5.42. The van der Waals surface area contributed by atoms with E-state index in [2.05, 4.69) is 25.7 Å². The number of nitrogens with one attached hydrogen (secondary N) is 2. The second-order valence-corrected chi connectivity index (χ2v) is 6.30. The van der Waals surface area contributed by atoms with Gasteiger partial charge in [0.15, 0.2) is 0 Å². The lowest BCUT2D eigenvalue weighted by atomic mass is 10.3. The number of nitrogens with zero attached hydrogens (tertiary/aromatic N) is 4. The molecule has 1 atom stereocenters. The van der Waals surface area contributed by atoms with E-state index in [0.717, 1.165) is 6.20 Å². The van der Waals surface area contributed by atoms with Gasteiger partial charge in [0.1, 0.15) is 22.4 Å². The van der Waals surface area contributed by atoms with E-state index in [1.54, 1.807) is 20.8 Å². The maximum atomic E-state index is 12.9. The van der Waals surface area contributed by atoms with Gasteiger partial charge in [0, 0.05) is 18.5 Å². The molecule has 2 heterocycles. The molecule has 0 fully saturated rings. The molecule has 2 N–H and O–H groups in total. The molecule has 0 aliphatic heterocycles. The Morgan fingerprint density at radius 3 is 2.58 bits per heavy atom. The van der Waals surface area contributed by atoms with Crippen LogP contribution in [-0.2, 0) is 17.2 Å². The maximum absolute atomic E-state index is 12.9. The third-order valence-electron chi connectivity index (χ3n) is 3.09. The fourth-order valence-corrected chi connectivity index (χ4v) is 2.72. The highest BCUT2D eigenvalue weighted by molar-refractivity contribution is 7.83. The molecule has 2 rings (SSSR count). The Morgan fingerprint density at radius 1 is 1.29 bits per heavy atom. The van der Waals surface area contributed by atoms with Crippen LogP contribution in [0.3, 0.4) is 0 Å². The first-order valence-electron chi connectivity index (χ1n) is 7.16. The minimum atomic E-state index is -4.55. The monoisotopic (exact) mass is 362 g/mol. The zero-order valence-corrected chi connectivity index (χ0v) is 14.1. The van der Waals surface area contributed by atoms with Crippen molar-refractivity contribution in [3.63, 3.8) is 0 Å². The molecule has 0 spiro atoms. The molecule has 1 unspecified atom stereocenters. The molecule has 0 aliphatic rings. The second-order valence-electron chi connectivity index (χ2n) is 4.74. The van der Waals surface area contributed by atoms with Crippen LogP contribution in [0.5, 0.6) is 0 Å². The highest BCUT2D eigenvalue weighted by atomic mass is 32.2. The minimum Gasteiger partial charge on any atom is -0.370 e. The van der Waals surface area contributed by atoms with Crippen molar-refractivity contribution >= 4 is 28.4 Å². The van der Waals surface area contributed by atoms with Crippen molar-refractivity contribution in [1.29, 1.82) is 0 Å². The van der Waals surface area contributed by atoms with E-state index in [1.165, 1.54) is 10.3 Å². The van der Waals surface area contributed by atoms with Crippen LogP contribution in [0.4, 0.5) is 30.6 Å². The first-order valence-corrected chi connectivity index (χ1v) is 8.44. The summed E-state index contributed by atoms with van der Waals surface area (Å²) in [5.41, 5.74) is 0.108. The van der Waals surface area contributed by atoms with Crippen molar-refractivity contribution in [2.75, 3.05) is 22.9 Å². The fourth-order valence-electron chi connectivity index (χ4n) is 1.92. The van der Waals surface area contributed by atoms with Gasteiger partial charge in [-0.05, 0) is 13.8 Å². The summed E-state index contributed by atoms with van der Waals surface area (Å²) < 4.78 is 52.0. The molecule has 132 valence electrons. The van der Waals surface area contributed by atoms with Crippen molar-refractivity contribution in [1.82, 2.24) is 19.2 Å². The first-order chi connectivity index (χ1) is 11.3. The van der Waals surface area contributed by atoms with Gasteiger partial charge in [-0.15, -0.1) is 0 Å². The maximum Gasteiger partial charge on any atom is 0.421 e. The molecule has 11 heteroatoms. The third kappa shape index (κ3) is 3.83. The Labute approximate surface area is 139 Å². The summed E-state index contributed by atoms with van der Waals surface area (Å²) in [6.07, 6.45) is -2.40. The average Bonchev–Trinajstić information content (AvgIpc) is 2.87. The van der Waals surface area contributed by atoms with E-state index in [-0.39, 0.29) is 18.3 Å². The number of halogens is 3. The van der Waals surface area contributed by atoms with Gasteiger partial charge in [-0.3, -0.25) is 0 Å². The quantitative estimate of drug-likeness (QED) is 0.822. The molecule has 0 saturated heterocycles. The lowest BCUT2D eigenvalue weighted by Crippen LogP contribution is -2.14. The van der Waals surface area contributed by atoms with Gasteiger partial charge in [-0.25, -0.2) is 9.19 Å². The average molecular weight is 362 g/mol. The van der Waals surface area contributed by atoms with Crippen molar-refractivity contribution in [3.05, 3.63) is 23.7 Å². The van der Waals surface area contributed by atoms with Crippen LogP contribution in [0.25, 0.3) is 0 Å². The number of alkyl halides is 3. The summed E-state index contributed by atoms with van der Waals surface area (Å²) in [5, 5.41) is 9.38. The predicted octanol–water partition coefficient (Wildman–Crippen LogP) is 2.71. The van der Waals surface area contributed by atoms with E-state index in [1.807, 2.05) is 0 Å². The SMILES string of the molecule is CCNc1nc(Nc2cnn(S(=O)CC)c2C)ncc1C(F)(F)F. The molecular weight excluding hydrogens is 345 g/mol. The van der Waals surface area contributed by atoms with Crippen LogP contribution in [0.15, 0.2) is 12.4 Å². The Hall–Kier alpha value is -2.17. The van der Waals surface area contributed by atoms with Crippen LogP contribution in [0.2, 0.25) is 0 Å². The van der Waals surface area contributed by atoms with E-state index in [4.69, 9.17) is 0 Å². The summed E-state index contributed by atoms with van der Waals surface area (Å²) >= 11 is 0. The molecule has 0 saturated carbocycles. The van der Waals surface area contributed by atoms with Gasteiger partial charge in [-0.1, -0.05) is 6.92 Å². The molecule has 24 heavy (non-hydrogen) atoms. The molecule has 2 aromatic rings. The van der Waals surface area contributed by atoms with E-state index in [0.29, 0.717) is 17.1 Å². The van der Waals surface area contributed by atoms with Crippen molar-refractivity contribution in [2.45, 2.75) is 26.9 Å². The first kappa shape index (κ1) is 18.2. The van der Waals surface area contributed by atoms with Crippen LogP contribution >= 0.6 is 0 Å². The third-order valence-corrected chi connectivity index (χ3v) is 4.34. The van der Waals surface area contributed by atoms with Crippen LogP contribution in [0.1, 0.15) is 25.1 Å². The summed E-state index contributed by atoms with van der Waals surface area (Å²) in [5.74, 6) is 0.0807. The number of rotatable bonds is 6. The van der Waals surface area contributed by atoms with Crippen LogP contribution in [0, 0.1) is 6.92 Å². The van der Waals surface area contributed by atoms with E-state index < -0.39 is 22.7 Å². The molecule has 2 aromatic heterocycles. The van der Waals surface area contributed by atoms with Gasteiger partial charge >= 0.3 is 6.18 Å². The summed E-state index contributed by atoms with van der Waals surface area (Å²) in [6.45, 7) is 5.40. The van der Waals surface area contributed by atoms with Crippen molar-refractivity contribution < 1.29 is 17.4 Å². The van der Waals surface area contributed by atoms with Gasteiger partial charge in [0.05, 0.1) is 17.6 Å². The normalized spacial score (nSPS) is 12.9. The lowest BCUT2D eigenvalue weighted by molar-refractivity contribution is -0.137. The Morgan fingerprint density at radius 2 is 2.00 bits per heavy atom.